The molecule has 0 fully saturated rings. The largest absolute Gasteiger partial charge is 0.489 e. The number of hydrogen-bond donors (Lipinski definition) is 1. The highest BCUT2D eigenvalue weighted by molar-refractivity contribution is 5.68. The topological polar surface area (TPSA) is 51.9 Å². The van der Waals surface area contributed by atoms with E-state index in [0.717, 1.165) is 6.07 Å². The van der Waals surface area contributed by atoms with Crippen LogP contribution in [0.25, 0.3) is 4.85 Å². The number of carbonyl (C=O) groups excluding carboxylic acids is 1. The summed E-state index contributed by atoms with van der Waals surface area (Å²) in [5, 5.41) is 2.39. The van der Waals surface area contributed by atoms with Gasteiger partial charge in [-0.2, -0.15) is 0 Å². The first-order valence-corrected chi connectivity index (χ1v) is 6.80. The number of nitrogens with one attached hydrogen (secondary N) is 1. The van der Waals surface area contributed by atoms with Crippen LogP contribution in [0, 0.1) is 12.4 Å². The van der Waals surface area contributed by atoms with Gasteiger partial charge in [0.2, 0.25) is 5.69 Å². The van der Waals surface area contributed by atoms with Gasteiger partial charge in [0.25, 0.3) is 0 Å². The first kappa shape index (κ1) is 18.4. The fraction of sp³-hybridized carbons (Fsp3) is 0.375. The second-order valence-corrected chi connectivity index (χ2v) is 5.64. The van der Waals surface area contributed by atoms with Gasteiger partial charge in [0, 0.05) is 18.2 Å². The lowest BCUT2D eigenvalue weighted by Gasteiger charge is -2.20. The molecule has 5 nitrogen and oxygen atoms in total. The highest BCUT2D eigenvalue weighted by atomic mass is 19.1. The number of hydrogen-bond acceptors (Lipinski definition) is 3. The van der Waals surface area contributed by atoms with Gasteiger partial charge in [-0.15, -0.1) is 0 Å². The van der Waals surface area contributed by atoms with Crippen LogP contribution < -0.4 is 10.1 Å². The van der Waals surface area contributed by atoms with Gasteiger partial charge >= 0.3 is 6.09 Å². The zero-order valence-electron chi connectivity index (χ0n) is 13.2. The number of rotatable bonds is 5. The van der Waals surface area contributed by atoms with Gasteiger partial charge in [-0.25, -0.2) is 18.4 Å². The second kappa shape index (κ2) is 8.13. The molecule has 124 valence electrons. The van der Waals surface area contributed by atoms with Gasteiger partial charge < -0.3 is 14.8 Å². The van der Waals surface area contributed by atoms with E-state index in [9.17, 15) is 13.6 Å². The third-order valence-electron chi connectivity index (χ3n) is 2.48. The number of amides is 1. The summed E-state index contributed by atoms with van der Waals surface area (Å²) in [5.41, 5.74) is -0.627. The SMILES string of the molecule is [C-]#[N+]c1ccc(OC/C(=C/F)CNC(=O)OC(C)(C)C)cc1F. The zero-order valence-corrected chi connectivity index (χ0v) is 13.2. The van der Waals surface area contributed by atoms with Crippen LogP contribution >= 0.6 is 0 Å². The minimum atomic E-state index is -0.713. The maximum absolute atomic E-state index is 13.4. The smallest absolute Gasteiger partial charge is 0.407 e. The van der Waals surface area contributed by atoms with Crippen molar-refractivity contribution in [2.24, 2.45) is 0 Å². The summed E-state index contributed by atoms with van der Waals surface area (Å²) >= 11 is 0. The van der Waals surface area contributed by atoms with Crippen molar-refractivity contribution in [3.05, 3.63) is 47.3 Å². The monoisotopic (exact) mass is 324 g/mol. The minimum absolute atomic E-state index is 0.103. The molecule has 23 heavy (non-hydrogen) atoms. The average molecular weight is 324 g/mol. The molecule has 0 saturated heterocycles. The molecule has 1 amide bonds. The molecule has 0 bridgehead atoms. The number of alkyl carbamates (subject to hydrolysis) is 1. The number of carbonyl (C=O) groups is 1. The molecule has 7 heteroatoms. The molecule has 0 aliphatic carbocycles. The Kier molecular flexibility index (Phi) is 6.51. The number of nitrogens with zero attached hydrogens (tertiary/aromatic N) is 1. The predicted octanol–water partition coefficient (Wildman–Crippen LogP) is 4.13. The van der Waals surface area contributed by atoms with E-state index in [2.05, 4.69) is 10.2 Å². The van der Waals surface area contributed by atoms with Gasteiger partial charge in [-0.3, -0.25) is 0 Å². The summed E-state index contributed by atoms with van der Waals surface area (Å²) in [6, 6.07) is 3.73. The van der Waals surface area contributed by atoms with E-state index in [1.165, 1.54) is 12.1 Å². The fourth-order valence-electron chi connectivity index (χ4n) is 1.47. The summed E-state index contributed by atoms with van der Waals surface area (Å²) in [7, 11) is 0. The Morgan fingerprint density at radius 2 is 2.13 bits per heavy atom. The molecule has 1 N–H and O–H groups in total. The molecule has 0 heterocycles. The van der Waals surface area contributed by atoms with E-state index in [1.807, 2.05) is 0 Å². The van der Waals surface area contributed by atoms with Crippen LogP contribution in [0.5, 0.6) is 5.75 Å². The van der Waals surface area contributed by atoms with E-state index < -0.39 is 17.5 Å². The normalized spacial score (nSPS) is 11.6. The van der Waals surface area contributed by atoms with E-state index in [4.69, 9.17) is 16.0 Å². The van der Waals surface area contributed by atoms with Crippen LogP contribution in [0.2, 0.25) is 0 Å². The summed E-state index contributed by atoms with van der Waals surface area (Å²) in [4.78, 5) is 14.5. The van der Waals surface area contributed by atoms with Crippen molar-refractivity contribution >= 4 is 11.8 Å². The van der Waals surface area contributed by atoms with Gasteiger partial charge in [-0.05, 0) is 32.9 Å². The first-order chi connectivity index (χ1) is 10.7. The van der Waals surface area contributed by atoms with Gasteiger partial charge in [-0.1, -0.05) is 0 Å². The summed E-state index contributed by atoms with van der Waals surface area (Å²) in [6.07, 6.45) is -0.370. The van der Waals surface area contributed by atoms with Crippen molar-refractivity contribution in [2.45, 2.75) is 26.4 Å². The molecule has 1 aromatic carbocycles. The lowest BCUT2D eigenvalue weighted by atomic mass is 10.2. The van der Waals surface area contributed by atoms with Crippen LogP contribution in [0.15, 0.2) is 30.1 Å². The van der Waals surface area contributed by atoms with Crippen molar-refractivity contribution in [3.8, 4) is 5.75 Å². The number of ether oxygens (including phenoxy) is 2. The van der Waals surface area contributed by atoms with Gasteiger partial charge in [0.1, 0.15) is 23.8 Å². The molecule has 0 aromatic heterocycles. The van der Waals surface area contributed by atoms with Crippen LogP contribution in [0.4, 0.5) is 19.3 Å². The standard InChI is InChI=1S/C16H18F2N2O3/c1-16(2,3)23-15(21)20-9-11(8-17)10-22-12-5-6-14(19-4)13(18)7-12/h5-8H,9-10H2,1-3H3,(H,20,21)/b11-8+. The number of halogens is 2. The second-order valence-electron chi connectivity index (χ2n) is 5.64. The molecule has 0 saturated carbocycles. The first-order valence-electron chi connectivity index (χ1n) is 6.80. The van der Waals surface area contributed by atoms with Gasteiger partial charge in [0.05, 0.1) is 12.9 Å². The van der Waals surface area contributed by atoms with Crippen molar-refractivity contribution in [3.63, 3.8) is 0 Å². The molecule has 0 aliphatic rings. The summed E-state index contributed by atoms with van der Waals surface area (Å²) in [5.74, 6) is -0.554. The lowest BCUT2D eigenvalue weighted by molar-refractivity contribution is 0.0531. The molecule has 1 rings (SSSR count). The fourth-order valence-corrected chi connectivity index (χ4v) is 1.47. The maximum Gasteiger partial charge on any atom is 0.407 e. The quantitative estimate of drug-likeness (QED) is 0.829. The van der Waals surface area contributed by atoms with E-state index in [-0.39, 0.29) is 30.2 Å². The zero-order chi connectivity index (χ0) is 17.5. The Bertz CT molecular complexity index is 631. The lowest BCUT2D eigenvalue weighted by Crippen LogP contribution is -2.34. The summed E-state index contributed by atoms with van der Waals surface area (Å²) < 4.78 is 36.5. The molecular formula is C16H18F2N2O3. The Balaban J connectivity index is 2.50. The van der Waals surface area contributed by atoms with E-state index >= 15 is 0 Å². The van der Waals surface area contributed by atoms with Crippen LogP contribution in [0.3, 0.4) is 0 Å². The molecular weight excluding hydrogens is 306 g/mol. The Hall–Kier alpha value is -2.62. The molecule has 1 aromatic rings. The highest BCUT2D eigenvalue weighted by Gasteiger charge is 2.16. The summed E-state index contributed by atoms with van der Waals surface area (Å²) in [6.45, 7) is 11.6. The van der Waals surface area contributed by atoms with E-state index in [0.29, 0.717) is 6.33 Å². The molecule has 0 aliphatic heterocycles. The molecule has 0 spiro atoms. The van der Waals surface area contributed by atoms with E-state index in [1.54, 1.807) is 20.8 Å². The molecule has 0 atom stereocenters. The molecule has 0 unspecified atom stereocenters. The van der Waals surface area contributed by atoms with Crippen LogP contribution in [-0.2, 0) is 4.74 Å². The van der Waals surface area contributed by atoms with Crippen molar-refractivity contribution in [2.75, 3.05) is 13.2 Å². The number of benzene rings is 1. The maximum atomic E-state index is 13.4. The van der Waals surface area contributed by atoms with Crippen molar-refractivity contribution in [1.29, 1.82) is 0 Å². The van der Waals surface area contributed by atoms with Crippen molar-refractivity contribution in [1.82, 2.24) is 5.32 Å². The van der Waals surface area contributed by atoms with Crippen molar-refractivity contribution < 1.29 is 23.0 Å². The van der Waals surface area contributed by atoms with Crippen LogP contribution in [0.1, 0.15) is 20.8 Å². The third kappa shape index (κ3) is 6.78. The van der Waals surface area contributed by atoms with Gasteiger partial charge in [0.15, 0.2) is 0 Å². The minimum Gasteiger partial charge on any atom is -0.489 e. The predicted molar refractivity (Wildman–Crippen MR) is 81.6 cm³/mol. The van der Waals surface area contributed by atoms with Crippen LogP contribution in [-0.4, -0.2) is 24.8 Å². The Labute approximate surface area is 133 Å². The average Bonchev–Trinajstić information content (AvgIpc) is 2.45. The third-order valence-corrected chi connectivity index (χ3v) is 2.48. The Morgan fingerprint density at radius 3 is 2.65 bits per heavy atom. The molecule has 0 radical (unpaired) electrons. The Morgan fingerprint density at radius 1 is 1.43 bits per heavy atom. The highest BCUT2D eigenvalue weighted by Crippen LogP contribution is 2.23.